The largest absolute Gasteiger partial charge is 0.487 e. The molecule has 104 valence electrons. The Kier molecular flexibility index (Phi) is 3.27. The van der Waals surface area contributed by atoms with Gasteiger partial charge >= 0.3 is 0 Å². The lowest BCUT2D eigenvalue weighted by molar-refractivity contribution is -0.00998. The van der Waals surface area contributed by atoms with Gasteiger partial charge in [0.15, 0.2) is 0 Å². The van der Waals surface area contributed by atoms with E-state index in [0.29, 0.717) is 6.61 Å². The van der Waals surface area contributed by atoms with Gasteiger partial charge in [-0.1, -0.05) is 6.07 Å². The number of fused-ring (bicyclic) bond motifs is 1. The van der Waals surface area contributed by atoms with Gasteiger partial charge in [-0.2, -0.15) is 0 Å². The second-order valence-corrected chi connectivity index (χ2v) is 6.33. The van der Waals surface area contributed by atoms with Crippen LogP contribution < -0.4 is 4.74 Å². The summed E-state index contributed by atoms with van der Waals surface area (Å²) >= 11 is 0. The molecule has 0 saturated carbocycles. The molecule has 0 amide bonds. The minimum atomic E-state index is -0.422. The van der Waals surface area contributed by atoms with Crippen LogP contribution in [0.2, 0.25) is 0 Å². The SMILES string of the molecule is CC1(C)Cc2cc(C(O)C3CCCOC3)ccc2O1. The van der Waals surface area contributed by atoms with Crippen molar-refractivity contribution in [2.45, 2.75) is 44.8 Å². The van der Waals surface area contributed by atoms with E-state index >= 15 is 0 Å². The Morgan fingerprint density at radius 2 is 2.21 bits per heavy atom. The molecule has 2 unspecified atom stereocenters. The maximum Gasteiger partial charge on any atom is 0.123 e. The Bertz CT molecular complexity index is 461. The summed E-state index contributed by atoms with van der Waals surface area (Å²) in [7, 11) is 0. The number of rotatable bonds is 2. The van der Waals surface area contributed by atoms with Crippen molar-refractivity contribution in [2.24, 2.45) is 5.92 Å². The van der Waals surface area contributed by atoms with E-state index in [0.717, 1.165) is 37.2 Å². The molecular weight excluding hydrogens is 240 g/mol. The lowest BCUT2D eigenvalue weighted by Gasteiger charge is -2.27. The maximum atomic E-state index is 10.5. The zero-order valence-electron chi connectivity index (χ0n) is 11.7. The molecule has 3 heteroatoms. The fourth-order valence-electron chi connectivity index (χ4n) is 3.10. The third kappa shape index (κ3) is 2.63. The zero-order chi connectivity index (χ0) is 13.5. The minimum Gasteiger partial charge on any atom is -0.487 e. The van der Waals surface area contributed by atoms with Crippen LogP contribution in [-0.2, 0) is 11.2 Å². The fraction of sp³-hybridized carbons (Fsp3) is 0.625. The number of hydrogen-bond donors (Lipinski definition) is 1. The summed E-state index contributed by atoms with van der Waals surface area (Å²) in [4.78, 5) is 0. The van der Waals surface area contributed by atoms with Crippen LogP contribution in [-0.4, -0.2) is 23.9 Å². The summed E-state index contributed by atoms with van der Waals surface area (Å²) in [6.45, 7) is 5.69. The van der Waals surface area contributed by atoms with Gasteiger partial charge in [-0.05, 0) is 49.9 Å². The van der Waals surface area contributed by atoms with Gasteiger partial charge in [-0.3, -0.25) is 0 Å². The topological polar surface area (TPSA) is 38.7 Å². The quantitative estimate of drug-likeness (QED) is 0.890. The van der Waals surface area contributed by atoms with Gasteiger partial charge in [0, 0.05) is 18.9 Å². The van der Waals surface area contributed by atoms with E-state index in [1.54, 1.807) is 0 Å². The molecular formula is C16H22O3. The van der Waals surface area contributed by atoms with E-state index in [1.807, 2.05) is 12.1 Å². The monoisotopic (exact) mass is 262 g/mol. The number of aliphatic hydroxyl groups excluding tert-OH is 1. The van der Waals surface area contributed by atoms with Crippen molar-refractivity contribution in [3.05, 3.63) is 29.3 Å². The predicted molar refractivity (Wildman–Crippen MR) is 73.4 cm³/mol. The number of ether oxygens (including phenoxy) is 2. The highest BCUT2D eigenvalue weighted by Crippen LogP contribution is 2.38. The smallest absolute Gasteiger partial charge is 0.123 e. The molecule has 2 heterocycles. The maximum absolute atomic E-state index is 10.5. The molecule has 2 aliphatic heterocycles. The second-order valence-electron chi connectivity index (χ2n) is 6.33. The second kappa shape index (κ2) is 4.80. The van der Waals surface area contributed by atoms with Crippen molar-refractivity contribution in [3.63, 3.8) is 0 Å². The Balaban J connectivity index is 1.79. The van der Waals surface area contributed by atoms with E-state index in [2.05, 4.69) is 19.9 Å². The molecule has 0 radical (unpaired) electrons. The van der Waals surface area contributed by atoms with Crippen LogP contribution in [0, 0.1) is 5.92 Å². The average Bonchev–Trinajstić information content (AvgIpc) is 2.71. The van der Waals surface area contributed by atoms with Crippen LogP contribution in [0.1, 0.15) is 43.9 Å². The van der Waals surface area contributed by atoms with Crippen molar-refractivity contribution in [3.8, 4) is 5.75 Å². The molecule has 0 aromatic heterocycles. The molecule has 0 bridgehead atoms. The van der Waals surface area contributed by atoms with E-state index in [9.17, 15) is 5.11 Å². The third-order valence-corrected chi connectivity index (χ3v) is 4.07. The Labute approximate surface area is 114 Å². The fourth-order valence-corrected chi connectivity index (χ4v) is 3.10. The lowest BCUT2D eigenvalue weighted by atomic mass is 9.89. The molecule has 3 nitrogen and oxygen atoms in total. The van der Waals surface area contributed by atoms with Crippen LogP contribution in [0.5, 0.6) is 5.75 Å². The molecule has 19 heavy (non-hydrogen) atoms. The molecule has 0 aliphatic carbocycles. The molecule has 3 rings (SSSR count). The molecule has 1 fully saturated rings. The number of aliphatic hydroxyl groups is 1. The Morgan fingerprint density at radius 3 is 2.95 bits per heavy atom. The van der Waals surface area contributed by atoms with Crippen molar-refractivity contribution >= 4 is 0 Å². The van der Waals surface area contributed by atoms with Gasteiger partial charge in [0.2, 0.25) is 0 Å². The normalized spacial score (nSPS) is 26.6. The third-order valence-electron chi connectivity index (χ3n) is 4.07. The summed E-state index contributed by atoms with van der Waals surface area (Å²) < 4.78 is 11.3. The van der Waals surface area contributed by atoms with Gasteiger partial charge in [-0.15, -0.1) is 0 Å². The first-order valence-corrected chi connectivity index (χ1v) is 7.13. The van der Waals surface area contributed by atoms with Gasteiger partial charge < -0.3 is 14.6 Å². The van der Waals surface area contributed by atoms with E-state index in [4.69, 9.17) is 9.47 Å². The van der Waals surface area contributed by atoms with Gasteiger partial charge in [-0.25, -0.2) is 0 Å². The van der Waals surface area contributed by atoms with Crippen LogP contribution >= 0.6 is 0 Å². The minimum absolute atomic E-state index is 0.125. The van der Waals surface area contributed by atoms with Crippen LogP contribution in [0.25, 0.3) is 0 Å². The molecule has 1 N–H and O–H groups in total. The predicted octanol–water partition coefficient (Wildman–Crippen LogP) is 2.86. The standard InChI is InChI=1S/C16H22O3/c1-16(2)9-13-8-11(5-6-14(13)19-16)15(17)12-4-3-7-18-10-12/h5-6,8,12,15,17H,3-4,7,9-10H2,1-2H3. The Hall–Kier alpha value is -1.06. The van der Waals surface area contributed by atoms with Crippen molar-refractivity contribution in [2.75, 3.05) is 13.2 Å². The summed E-state index contributed by atoms with van der Waals surface area (Å²) in [6, 6.07) is 6.08. The van der Waals surface area contributed by atoms with E-state index < -0.39 is 6.10 Å². The molecule has 1 aromatic carbocycles. The van der Waals surface area contributed by atoms with Gasteiger partial charge in [0.05, 0.1) is 12.7 Å². The average molecular weight is 262 g/mol. The molecule has 2 aliphatic rings. The number of benzene rings is 1. The van der Waals surface area contributed by atoms with Crippen LogP contribution in [0.3, 0.4) is 0 Å². The first-order valence-electron chi connectivity index (χ1n) is 7.13. The van der Waals surface area contributed by atoms with Crippen LogP contribution in [0.15, 0.2) is 18.2 Å². The van der Waals surface area contributed by atoms with E-state index in [-0.39, 0.29) is 11.5 Å². The number of hydrogen-bond acceptors (Lipinski definition) is 3. The first-order chi connectivity index (χ1) is 9.05. The van der Waals surface area contributed by atoms with E-state index in [1.165, 1.54) is 5.56 Å². The van der Waals surface area contributed by atoms with Crippen molar-refractivity contribution in [1.82, 2.24) is 0 Å². The summed E-state index contributed by atoms with van der Waals surface area (Å²) in [5, 5.41) is 10.5. The summed E-state index contributed by atoms with van der Waals surface area (Å²) in [5.41, 5.74) is 2.08. The zero-order valence-corrected chi connectivity index (χ0v) is 11.7. The van der Waals surface area contributed by atoms with Gasteiger partial charge in [0.25, 0.3) is 0 Å². The molecule has 1 aromatic rings. The highest BCUT2D eigenvalue weighted by molar-refractivity contribution is 5.42. The molecule has 2 atom stereocenters. The van der Waals surface area contributed by atoms with Crippen LogP contribution in [0.4, 0.5) is 0 Å². The highest BCUT2D eigenvalue weighted by Gasteiger charge is 2.31. The highest BCUT2D eigenvalue weighted by atomic mass is 16.5. The first kappa shape index (κ1) is 12.9. The summed E-state index contributed by atoms with van der Waals surface area (Å²) in [6.07, 6.45) is 2.57. The summed E-state index contributed by atoms with van der Waals surface area (Å²) in [5.74, 6) is 1.18. The van der Waals surface area contributed by atoms with Crippen molar-refractivity contribution < 1.29 is 14.6 Å². The lowest BCUT2D eigenvalue weighted by Crippen LogP contribution is -2.24. The molecule has 1 saturated heterocycles. The van der Waals surface area contributed by atoms with Crippen molar-refractivity contribution in [1.29, 1.82) is 0 Å². The Morgan fingerprint density at radius 1 is 1.37 bits per heavy atom. The molecule has 0 spiro atoms. The van der Waals surface area contributed by atoms with Gasteiger partial charge in [0.1, 0.15) is 11.4 Å².